The number of ether oxygens (including phenoxy) is 1. The number of hydrogen-bond acceptors (Lipinski definition) is 8. The molecule has 2 atom stereocenters. The molecular weight excluding hydrogens is 440 g/mol. The number of nitrogens with zero attached hydrogens (tertiary/aromatic N) is 2. The Hall–Kier alpha value is -2.63. The number of carbonyl (C=O) groups is 6. The molecule has 3 fully saturated rings. The summed E-state index contributed by atoms with van der Waals surface area (Å²) in [4.78, 5) is 74.3. The lowest BCUT2D eigenvalue weighted by molar-refractivity contribution is -0.151. The normalized spacial score (nSPS) is 27.2. The lowest BCUT2D eigenvalue weighted by Crippen LogP contribution is -2.54. The van der Waals surface area contributed by atoms with Gasteiger partial charge in [-0.2, -0.15) is 0 Å². The van der Waals surface area contributed by atoms with E-state index in [1.165, 1.54) is 0 Å². The molecule has 0 radical (unpaired) electrons. The minimum Gasteiger partial charge on any atom is -0.454 e. The first kappa shape index (κ1) is 24.0. The van der Waals surface area contributed by atoms with E-state index in [-0.39, 0.29) is 41.3 Å². The largest absolute Gasteiger partial charge is 0.454 e. The summed E-state index contributed by atoms with van der Waals surface area (Å²) < 4.78 is 4.89. The van der Waals surface area contributed by atoms with E-state index in [9.17, 15) is 28.8 Å². The molecule has 6 amide bonds. The quantitative estimate of drug-likeness (QED) is 0.406. The minimum atomic E-state index is -1.02. The van der Waals surface area contributed by atoms with Gasteiger partial charge in [0, 0.05) is 13.1 Å². The van der Waals surface area contributed by atoms with E-state index in [4.69, 9.17) is 4.74 Å². The molecule has 0 unspecified atom stereocenters. The van der Waals surface area contributed by atoms with Crippen molar-refractivity contribution in [2.45, 2.75) is 45.6 Å². The van der Waals surface area contributed by atoms with E-state index in [0.29, 0.717) is 12.8 Å². The summed E-state index contributed by atoms with van der Waals surface area (Å²) in [6.07, 6.45) is 1.94. The van der Waals surface area contributed by atoms with Crippen LogP contribution in [0.25, 0.3) is 0 Å². The zero-order valence-corrected chi connectivity index (χ0v) is 19.2. The maximum absolute atomic E-state index is 13.0. The van der Waals surface area contributed by atoms with Crippen LogP contribution in [0.5, 0.6) is 0 Å². The standard InChI is InChI=1S/C20H28N4O7S/c1-12-6-19(2,3)11-20(7-12)16(28)24(17(29)22-20)8-15(27)31-9-13(25)21-4-5-23-14(26)10-32-18(23)30/h12H,4-11H2,1-3H3,(H,21,25)(H,22,29)/t12-,20+/m1/s1. The molecule has 1 aliphatic carbocycles. The predicted octanol–water partition coefficient (Wildman–Crippen LogP) is 0.478. The van der Waals surface area contributed by atoms with Crippen molar-refractivity contribution in [3.63, 3.8) is 0 Å². The molecule has 3 aliphatic rings. The fraction of sp³-hybridized carbons (Fsp3) is 0.700. The van der Waals surface area contributed by atoms with Crippen molar-refractivity contribution in [2.24, 2.45) is 11.3 Å². The topological polar surface area (TPSA) is 142 Å². The lowest BCUT2D eigenvalue weighted by atomic mass is 9.64. The molecule has 0 aromatic carbocycles. The molecular formula is C20H28N4O7S. The Morgan fingerprint density at radius 3 is 2.53 bits per heavy atom. The molecule has 11 nitrogen and oxygen atoms in total. The average molecular weight is 469 g/mol. The molecule has 0 bridgehead atoms. The summed E-state index contributed by atoms with van der Waals surface area (Å²) in [5, 5.41) is 4.86. The Morgan fingerprint density at radius 1 is 1.19 bits per heavy atom. The number of urea groups is 1. The second kappa shape index (κ2) is 9.08. The summed E-state index contributed by atoms with van der Waals surface area (Å²) in [5.74, 6) is -1.94. The van der Waals surface area contributed by atoms with Crippen LogP contribution in [-0.4, -0.2) is 82.3 Å². The molecule has 0 aromatic rings. The van der Waals surface area contributed by atoms with Gasteiger partial charge in [-0.1, -0.05) is 32.5 Å². The molecule has 2 aliphatic heterocycles. The van der Waals surface area contributed by atoms with Crippen LogP contribution in [0.1, 0.15) is 40.0 Å². The monoisotopic (exact) mass is 468 g/mol. The summed E-state index contributed by atoms with van der Waals surface area (Å²) in [7, 11) is 0. The van der Waals surface area contributed by atoms with Crippen molar-refractivity contribution in [2.75, 3.05) is 32.0 Å². The Labute approximate surface area is 189 Å². The van der Waals surface area contributed by atoms with E-state index >= 15 is 0 Å². The van der Waals surface area contributed by atoms with Crippen molar-refractivity contribution in [1.82, 2.24) is 20.4 Å². The summed E-state index contributed by atoms with van der Waals surface area (Å²) >= 11 is 0.900. The van der Waals surface area contributed by atoms with Gasteiger partial charge in [-0.15, -0.1) is 0 Å². The first-order chi connectivity index (χ1) is 14.9. The van der Waals surface area contributed by atoms with E-state index in [0.717, 1.165) is 28.0 Å². The first-order valence-corrected chi connectivity index (χ1v) is 11.4. The van der Waals surface area contributed by atoms with Crippen LogP contribution in [0, 0.1) is 11.3 Å². The van der Waals surface area contributed by atoms with E-state index < -0.39 is 42.5 Å². The smallest absolute Gasteiger partial charge is 0.326 e. The SMILES string of the molecule is C[C@@H]1CC(C)(C)C[C@]2(C1)NC(=O)N(CC(=O)OCC(=O)NCCN1C(=O)CSC1=O)C2=O. The van der Waals surface area contributed by atoms with Crippen LogP contribution in [-0.2, 0) is 23.9 Å². The van der Waals surface area contributed by atoms with Crippen molar-refractivity contribution in [3.8, 4) is 0 Å². The number of imide groups is 2. The minimum absolute atomic E-state index is 0.0257. The van der Waals surface area contributed by atoms with Crippen LogP contribution < -0.4 is 10.6 Å². The van der Waals surface area contributed by atoms with Crippen molar-refractivity contribution < 1.29 is 33.5 Å². The van der Waals surface area contributed by atoms with Gasteiger partial charge in [0.2, 0.25) is 5.91 Å². The van der Waals surface area contributed by atoms with Gasteiger partial charge < -0.3 is 15.4 Å². The second-order valence-corrected chi connectivity index (χ2v) is 10.3. The third-order valence-corrected chi connectivity index (χ3v) is 6.63. The number of hydrogen-bond donors (Lipinski definition) is 2. The Bertz CT molecular complexity index is 845. The summed E-state index contributed by atoms with van der Waals surface area (Å²) in [5.41, 5.74) is -1.14. The van der Waals surface area contributed by atoms with Crippen LogP contribution in [0.2, 0.25) is 0 Å². The van der Waals surface area contributed by atoms with Crippen molar-refractivity contribution in [3.05, 3.63) is 0 Å². The van der Waals surface area contributed by atoms with Crippen molar-refractivity contribution in [1.29, 1.82) is 0 Å². The second-order valence-electron chi connectivity index (χ2n) is 9.37. The predicted molar refractivity (Wildman–Crippen MR) is 113 cm³/mol. The first-order valence-electron chi connectivity index (χ1n) is 10.5. The van der Waals surface area contributed by atoms with Crippen LogP contribution in [0.15, 0.2) is 0 Å². The lowest BCUT2D eigenvalue weighted by Gasteiger charge is -2.43. The molecule has 1 spiro atoms. The highest BCUT2D eigenvalue weighted by Gasteiger charge is 2.56. The highest BCUT2D eigenvalue weighted by Crippen LogP contribution is 2.46. The maximum Gasteiger partial charge on any atom is 0.326 e. The Kier molecular flexibility index (Phi) is 6.82. The molecule has 2 heterocycles. The van der Waals surface area contributed by atoms with E-state index in [1.807, 2.05) is 20.8 Å². The number of nitrogens with one attached hydrogen (secondary N) is 2. The van der Waals surface area contributed by atoms with Gasteiger partial charge in [0.05, 0.1) is 5.75 Å². The highest BCUT2D eigenvalue weighted by atomic mass is 32.2. The average Bonchev–Trinajstić information content (AvgIpc) is 3.10. The molecule has 2 N–H and O–H groups in total. The number of rotatable bonds is 7. The number of esters is 1. The molecule has 12 heteroatoms. The summed E-state index contributed by atoms with van der Waals surface area (Å²) in [6.45, 7) is 5.01. The van der Waals surface area contributed by atoms with Gasteiger partial charge >= 0.3 is 12.0 Å². The van der Waals surface area contributed by atoms with Gasteiger partial charge in [0.1, 0.15) is 12.1 Å². The third kappa shape index (κ3) is 5.22. The number of carbonyl (C=O) groups excluding carboxylic acids is 6. The third-order valence-electron chi connectivity index (χ3n) is 5.77. The van der Waals surface area contributed by atoms with E-state index in [1.54, 1.807) is 0 Å². The molecule has 3 rings (SSSR count). The van der Waals surface area contributed by atoms with Crippen molar-refractivity contribution >= 4 is 46.7 Å². The molecule has 176 valence electrons. The number of thioether (sulfide) groups is 1. The van der Waals surface area contributed by atoms with Gasteiger partial charge in [-0.25, -0.2) is 4.79 Å². The zero-order chi connectivity index (χ0) is 23.7. The van der Waals surface area contributed by atoms with Crippen LogP contribution in [0.3, 0.4) is 0 Å². The Morgan fingerprint density at radius 2 is 1.91 bits per heavy atom. The zero-order valence-electron chi connectivity index (χ0n) is 18.4. The molecule has 0 aromatic heterocycles. The summed E-state index contributed by atoms with van der Waals surface area (Å²) in [6, 6.07) is -0.640. The fourth-order valence-corrected chi connectivity index (χ4v) is 5.68. The molecule has 32 heavy (non-hydrogen) atoms. The van der Waals surface area contributed by atoms with Crippen LogP contribution in [0.4, 0.5) is 9.59 Å². The van der Waals surface area contributed by atoms with Gasteiger partial charge in [0.15, 0.2) is 6.61 Å². The highest BCUT2D eigenvalue weighted by molar-refractivity contribution is 8.14. The van der Waals surface area contributed by atoms with Gasteiger partial charge in [-0.05, 0) is 30.6 Å². The van der Waals surface area contributed by atoms with E-state index in [2.05, 4.69) is 10.6 Å². The molecule has 2 saturated heterocycles. The van der Waals surface area contributed by atoms with Gasteiger partial charge in [0.25, 0.3) is 17.1 Å². The Balaban J connectivity index is 1.45. The maximum atomic E-state index is 13.0. The molecule has 1 saturated carbocycles. The number of amides is 6. The van der Waals surface area contributed by atoms with Gasteiger partial charge in [-0.3, -0.25) is 33.8 Å². The van der Waals surface area contributed by atoms with Crippen LogP contribution >= 0.6 is 11.8 Å². The fourth-order valence-electron chi connectivity index (χ4n) is 4.93.